The Hall–Kier alpha value is -2.43. The highest BCUT2D eigenvalue weighted by molar-refractivity contribution is 7.80. The summed E-state index contributed by atoms with van der Waals surface area (Å²) < 4.78 is 5.91. The van der Waals surface area contributed by atoms with E-state index in [0.29, 0.717) is 72.4 Å². The molecule has 2 aliphatic heterocycles. The first-order valence-electron chi connectivity index (χ1n) is 10.3. The molecule has 2 saturated heterocycles. The van der Waals surface area contributed by atoms with Crippen molar-refractivity contribution in [3.63, 3.8) is 0 Å². The monoisotopic (exact) mass is 464 g/mol. The lowest BCUT2D eigenvalue weighted by Crippen LogP contribution is -2.62. The number of nitrogens with one attached hydrogen (secondary N) is 3. The maximum Gasteiger partial charge on any atom is 0.257 e. The lowest BCUT2D eigenvalue weighted by molar-refractivity contribution is -0.151. The Bertz CT molecular complexity index is 998. The number of likely N-dealkylation sites (tertiary alicyclic amines) is 1. The van der Waals surface area contributed by atoms with Crippen LogP contribution in [0.1, 0.15) is 23.2 Å². The highest BCUT2D eigenvalue weighted by atomic mass is 35.5. The predicted molar refractivity (Wildman–Crippen MR) is 121 cm³/mol. The molecular weight excluding hydrogens is 440 g/mol. The largest absolute Gasteiger partial charge is 0.374 e. The summed E-state index contributed by atoms with van der Waals surface area (Å²) >= 11 is 11.5. The highest BCUT2D eigenvalue weighted by Gasteiger charge is 2.40. The third kappa shape index (κ3) is 4.46. The second-order valence-electron chi connectivity index (χ2n) is 7.59. The van der Waals surface area contributed by atoms with E-state index in [2.05, 4.69) is 20.6 Å². The molecule has 9 nitrogen and oxygen atoms in total. The molecule has 166 valence electrons. The number of hydrogen-bond acceptors (Lipinski definition) is 5. The van der Waals surface area contributed by atoms with Gasteiger partial charge in [-0.3, -0.25) is 9.59 Å². The zero-order chi connectivity index (χ0) is 22.0. The molecule has 0 spiro atoms. The molecule has 2 aromatic rings. The van der Waals surface area contributed by atoms with Gasteiger partial charge in [0.1, 0.15) is 5.65 Å². The number of ether oxygens (including phenoxy) is 1. The molecule has 0 bridgehead atoms. The fourth-order valence-corrected chi connectivity index (χ4v) is 4.56. The number of rotatable bonds is 4. The Labute approximate surface area is 190 Å². The number of aromatic amines is 1. The van der Waals surface area contributed by atoms with Crippen LogP contribution < -0.4 is 10.6 Å². The van der Waals surface area contributed by atoms with Crippen LogP contribution in [0.2, 0.25) is 5.02 Å². The molecule has 2 amide bonds. The molecule has 4 heterocycles. The van der Waals surface area contributed by atoms with Crippen LogP contribution in [0.15, 0.2) is 18.5 Å². The standard InChI is InChI=1S/C20H25ClN6O3S/c1-22-20(31)24-6-3-16(28)27-8-9-30-15-4-7-26(11-14(15)27)19(29)13-10-25-18-12(17(13)21)2-5-23-18/h2,5,10,14-15H,3-4,6-9,11H2,1H3,(H,23,25)(H2,22,24,31)/t14-,15-/m0/s1. The Kier molecular flexibility index (Phi) is 6.59. The summed E-state index contributed by atoms with van der Waals surface area (Å²) in [5.74, 6) is -0.162. The van der Waals surface area contributed by atoms with Gasteiger partial charge in [-0.2, -0.15) is 0 Å². The molecule has 31 heavy (non-hydrogen) atoms. The number of fused-ring (bicyclic) bond motifs is 2. The second-order valence-corrected chi connectivity index (χ2v) is 8.37. The van der Waals surface area contributed by atoms with Crippen LogP contribution in [0.4, 0.5) is 0 Å². The quantitative estimate of drug-likeness (QED) is 0.583. The van der Waals surface area contributed by atoms with Crippen LogP contribution in [0.3, 0.4) is 0 Å². The first-order valence-corrected chi connectivity index (χ1v) is 11.1. The topological polar surface area (TPSA) is 103 Å². The number of nitrogens with zero attached hydrogens (tertiary/aromatic N) is 3. The lowest BCUT2D eigenvalue weighted by Gasteiger charge is -2.47. The third-order valence-electron chi connectivity index (χ3n) is 5.79. The number of hydrogen-bond donors (Lipinski definition) is 3. The molecule has 2 atom stereocenters. The molecule has 3 N–H and O–H groups in total. The molecular formula is C20H25ClN6O3S. The summed E-state index contributed by atoms with van der Waals surface area (Å²) in [6, 6.07) is 1.62. The number of halogens is 1. The third-order valence-corrected chi connectivity index (χ3v) is 6.55. The van der Waals surface area contributed by atoms with Gasteiger partial charge >= 0.3 is 0 Å². The summed E-state index contributed by atoms with van der Waals surface area (Å²) in [5, 5.41) is 7.43. The number of piperidine rings is 1. The molecule has 11 heteroatoms. The van der Waals surface area contributed by atoms with Gasteiger partial charge in [-0.1, -0.05) is 11.6 Å². The molecule has 0 radical (unpaired) electrons. The van der Waals surface area contributed by atoms with E-state index in [4.69, 9.17) is 28.6 Å². The van der Waals surface area contributed by atoms with Gasteiger partial charge in [-0.05, 0) is 24.7 Å². The van der Waals surface area contributed by atoms with Crippen molar-refractivity contribution in [1.82, 2.24) is 30.4 Å². The van der Waals surface area contributed by atoms with Gasteiger partial charge in [0.25, 0.3) is 5.91 Å². The Morgan fingerprint density at radius 3 is 3.06 bits per heavy atom. The summed E-state index contributed by atoms with van der Waals surface area (Å²) in [6.07, 6.45) is 4.16. The van der Waals surface area contributed by atoms with E-state index in [-0.39, 0.29) is 24.0 Å². The molecule has 0 aliphatic carbocycles. The fourth-order valence-electron chi connectivity index (χ4n) is 4.18. The average molecular weight is 465 g/mol. The van der Waals surface area contributed by atoms with Crippen LogP contribution in [0.5, 0.6) is 0 Å². The van der Waals surface area contributed by atoms with E-state index in [1.165, 1.54) is 6.20 Å². The van der Waals surface area contributed by atoms with Gasteiger partial charge in [0.2, 0.25) is 5.91 Å². The van der Waals surface area contributed by atoms with E-state index in [1.807, 2.05) is 4.90 Å². The van der Waals surface area contributed by atoms with Crippen molar-refractivity contribution in [3.05, 3.63) is 29.0 Å². The zero-order valence-corrected chi connectivity index (χ0v) is 18.8. The Morgan fingerprint density at radius 2 is 2.26 bits per heavy atom. The van der Waals surface area contributed by atoms with E-state index >= 15 is 0 Å². The maximum absolute atomic E-state index is 13.2. The number of thiocarbonyl (C=S) groups is 1. The molecule has 2 aliphatic rings. The van der Waals surface area contributed by atoms with Crippen LogP contribution >= 0.6 is 23.8 Å². The first-order chi connectivity index (χ1) is 15.0. The van der Waals surface area contributed by atoms with Gasteiger partial charge in [-0.15, -0.1) is 0 Å². The lowest BCUT2D eigenvalue weighted by atomic mass is 9.97. The van der Waals surface area contributed by atoms with Gasteiger partial charge in [0.15, 0.2) is 5.11 Å². The molecule has 2 fully saturated rings. The van der Waals surface area contributed by atoms with Crippen molar-refractivity contribution in [1.29, 1.82) is 0 Å². The fraction of sp³-hybridized carbons (Fsp3) is 0.500. The summed E-state index contributed by atoms with van der Waals surface area (Å²) in [5.41, 5.74) is 1.01. The summed E-state index contributed by atoms with van der Waals surface area (Å²) in [6.45, 7) is 2.41. The number of aromatic nitrogens is 2. The average Bonchev–Trinajstić information content (AvgIpc) is 3.27. The molecule has 0 saturated carbocycles. The summed E-state index contributed by atoms with van der Waals surface area (Å²) in [4.78, 5) is 37.0. The number of pyridine rings is 1. The van der Waals surface area contributed by atoms with E-state index in [0.717, 1.165) is 0 Å². The molecule has 2 aromatic heterocycles. The number of morpholine rings is 1. The van der Waals surface area contributed by atoms with Crippen LogP contribution in [0, 0.1) is 0 Å². The van der Waals surface area contributed by atoms with E-state index < -0.39 is 0 Å². The van der Waals surface area contributed by atoms with Crippen LogP contribution in [-0.2, 0) is 9.53 Å². The van der Waals surface area contributed by atoms with Crippen molar-refractivity contribution in [2.24, 2.45) is 0 Å². The van der Waals surface area contributed by atoms with Crippen molar-refractivity contribution in [2.75, 3.05) is 39.8 Å². The number of carbonyl (C=O) groups excluding carboxylic acids is 2. The minimum atomic E-state index is -0.182. The smallest absolute Gasteiger partial charge is 0.257 e. The second kappa shape index (κ2) is 9.37. The van der Waals surface area contributed by atoms with Gasteiger partial charge in [0, 0.05) is 57.4 Å². The Balaban J connectivity index is 1.46. The van der Waals surface area contributed by atoms with Gasteiger partial charge in [-0.25, -0.2) is 4.98 Å². The van der Waals surface area contributed by atoms with Crippen molar-refractivity contribution in [3.8, 4) is 0 Å². The molecule has 0 aromatic carbocycles. The molecule has 4 rings (SSSR count). The Morgan fingerprint density at radius 1 is 1.42 bits per heavy atom. The maximum atomic E-state index is 13.2. The first kappa shape index (κ1) is 21.8. The van der Waals surface area contributed by atoms with Crippen molar-refractivity contribution < 1.29 is 14.3 Å². The van der Waals surface area contributed by atoms with Crippen molar-refractivity contribution >= 4 is 51.8 Å². The number of amides is 2. The van der Waals surface area contributed by atoms with E-state index in [9.17, 15) is 9.59 Å². The number of carbonyl (C=O) groups is 2. The SMILES string of the molecule is CNC(=S)NCCC(=O)N1CCO[C@H]2CCN(C(=O)c3cnc4[nH]ccc4c3Cl)C[C@@H]21. The minimum absolute atomic E-state index is 0.0208. The normalized spacial score (nSPS) is 21.0. The minimum Gasteiger partial charge on any atom is -0.374 e. The van der Waals surface area contributed by atoms with Gasteiger partial charge in [0.05, 0.1) is 29.3 Å². The van der Waals surface area contributed by atoms with Gasteiger partial charge < -0.3 is 30.2 Å². The van der Waals surface area contributed by atoms with Crippen LogP contribution in [-0.4, -0.2) is 88.7 Å². The zero-order valence-electron chi connectivity index (χ0n) is 17.2. The predicted octanol–water partition coefficient (Wildman–Crippen LogP) is 1.14. The van der Waals surface area contributed by atoms with E-state index in [1.54, 1.807) is 24.2 Å². The highest BCUT2D eigenvalue weighted by Crippen LogP contribution is 2.29. The summed E-state index contributed by atoms with van der Waals surface area (Å²) in [7, 11) is 1.73. The number of H-pyrrole nitrogens is 1. The van der Waals surface area contributed by atoms with Crippen molar-refractivity contribution in [2.45, 2.75) is 25.0 Å². The van der Waals surface area contributed by atoms with Crippen LogP contribution in [0.25, 0.3) is 11.0 Å². The molecule has 0 unspecified atom stereocenters.